The largest absolute Gasteiger partial charge is 0.488 e. The van der Waals surface area contributed by atoms with E-state index in [-0.39, 0.29) is 11.6 Å². The number of benzene rings is 1. The van der Waals surface area contributed by atoms with Gasteiger partial charge in [0.15, 0.2) is 5.75 Å². The van der Waals surface area contributed by atoms with E-state index < -0.39 is 17.3 Å². The van der Waals surface area contributed by atoms with E-state index in [9.17, 15) is 9.18 Å². The van der Waals surface area contributed by atoms with Crippen LogP contribution < -0.4 is 9.47 Å². The number of carboxylic acids is 1. The number of hydrogen-bond acceptors (Lipinski definition) is 4. The van der Waals surface area contributed by atoms with Gasteiger partial charge >= 0.3 is 5.97 Å². The second kappa shape index (κ2) is 6.01. The summed E-state index contributed by atoms with van der Waals surface area (Å²) in [5, 5.41) is 8.75. The maximum Gasteiger partial charge on any atom is 0.338 e. The second-order valence-corrected chi connectivity index (χ2v) is 3.79. The van der Waals surface area contributed by atoms with Crippen molar-refractivity contribution in [1.82, 2.24) is 4.98 Å². The van der Waals surface area contributed by atoms with Crippen molar-refractivity contribution in [2.75, 3.05) is 6.61 Å². The third-order valence-corrected chi connectivity index (χ3v) is 2.42. The number of carbonyl (C=O) groups is 1. The zero-order chi connectivity index (χ0) is 14.5. The van der Waals surface area contributed by atoms with Crippen molar-refractivity contribution in [2.45, 2.75) is 6.92 Å². The number of hydrogen-bond donors (Lipinski definition) is 1. The third-order valence-electron chi connectivity index (χ3n) is 2.42. The van der Waals surface area contributed by atoms with Crippen molar-refractivity contribution in [3.63, 3.8) is 0 Å². The van der Waals surface area contributed by atoms with E-state index in [2.05, 4.69) is 4.98 Å². The van der Waals surface area contributed by atoms with Gasteiger partial charge in [0, 0.05) is 12.3 Å². The molecule has 0 amide bonds. The normalized spacial score (nSPS) is 10.1. The van der Waals surface area contributed by atoms with Gasteiger partial charge in [0.1, 0.15) is 11.6 Å². The number of carboxylic acid groups (broad SMARTS) is 1. The van der Waals surface area contributed by atoms with E-state index in [0.29, 0.717) is 12.4 Å². The fourth-order valence-corrected chi connectivity index (χ4v) is 1.56. The lowest BCUT2D eigenvalue weighted by Gasteiger charge is -2.10. The van der Waals surface area contributed by atoms with Crippen LogP contribution in [0, 0.1) is 5.82 Å². The van der Waals surface area contributed by atoms with Crippen LogP contribution in [0.2, 0.25) is 0 Å². The maximum atomic E-state index is 13.5. The minimum Gasteiger partial charge on any atom is -0.488 e. The minimum absolute atomic E-state index is 0.146. The Hall–Kier alpha value is -2.63. The van der Waals surface area contributed by atoms with Crippen molar-refractivity contribution in [1.29, 1.82) is 0 Å². The monoisotopic (exact) mass is 277 g/mol. The van der Waals surface area contributed by atoms with E-state index in [0.717, 1.165) is 12.1 Å². The topological polar surface area (TPSA) is 68.7 Å². The number of ether oxygens (including phenoxy) is 2. The predicted octanol–water partition coefficient (Wildman–Crippen LogP) is 3.11. The zero-order valence-electron chi connectivity index (χ0n) is 10.7. The van der Waals surface area contributed by atoms with E-state index in [4.69, 9.17) is 14.6 Å². The molecule has 0 unspecified atom stereocenters. The summed E-state index contributed by atoms with van der Waals surface area (Å²) in [7, 11) is 0. The molecular formula is C14H12FNO4. The SMILES string of the molecule is CCOc1cccnc1Oc1ccc(C(=O)O)c(F)c1. The standard InChI is InChI=1S/C14H12FNO4/c1-2-19-12-4-3-7-16-13(12)20-9-5-6-10(14(17)18)11(15)8-9/h3-8H,2H2,1H3,(H,17,18). The molecule has 0 aliphatic rings. The van der Waals surface area contributed by atoms with Crippen molar-refractivity contribution < 1.29 is 23.8 Å². The maximum absolute atomic E-state index is 13.5. The number of rotatable bonds is 5. The number of aromatic carboxylic acids is 1. The molecule has 0 aliphatic heterocycles. The molecule has 1 aromatic heterocycles. The Bertz CT molecular complexity index is 630. The highest BCUT2D eigenvalue weighted by Crippen LogP contribution is 2.29. The van der Waals surface area contributed by atoms with Gasteiger partial charge in [-0.25, -0.2) is 14.2 Å². The molecule has 0 saturated carbocycles. The van der Waals surface area contributed by atoms with Gasteiger partial charge in [-0.2, -0.15) is 0 Å². The summed E-state index contributed by atoms with van der Waals surface area (Å²) in [5.41, 5.74) is -0.414. The summed E-state index contributed by atoms with van der Waals surface area (Å²) >= 11 is 0. The molecule has 0 atom stereocenters. The summed E-state index contributed by atoms with van der Waals surface area (Å²) in [6.07, 6.45) is 1.51. The van der Waals surface area contributed by atoms with Gasteiger partial charge < -0.3 is 14.6 Å². The first-order valence-electron chi connectivity index (χ1n) is 5.90. The first-order chi connectivity index (χ1) is 9.61. The highest BCUT2D eigenvalue weighted by Gasteiger charge is 2.13. The molecule has 104 valence electrons. The second-order valence-electron chi connectivity index (χ2n) is 3.79. The van der Waals surface area contributed by atoms with E-state index in [1.54, 1.807) is 12.1 Å². The highest BCUT2D eigenvalue weighted by molar-refractivity contribution is 5.88. The summed E-state index contributed by atoms with van der Waals surface area (Å²) in [6, 6.07) is 6.85. The fraction of sp³-hybridized carbons (Fsp3) is 0.143. The Morgan fingerprint density at radius 3 is 2.85 bits per heavy atom. The van der Waals surface area contributed by atoms with Crippen LogP contribution in [-0.4, -0.2) is 22.7 Å². The quantitative estimate of drug-likeness (QED) is 0.909. The fourth-order valence-electron chi connectivity index (χ4n) is 1.56. The predicted molar refractivity (Wildman–Crippen MR) is 68.8 cm³/mol. The van der Waals surface area contributed by atoms with Crippen molar-refractivity contribution >= 4 is 5.97 Å². The van der Waals surface area contributed by atoms with Crippen LogP contribution in [0.25, 0.3) is 0 Å². The lowest BCUT2D eigenvalue weighted by molar-refractivity contribution is 0.0692. The average Bonchev–Trinajstić information content (AvgIpc) is 2.41. The van der Waals surface area contributed by atoms with Gasteiger partial charge in [-0.15, -0.1) is 0 Å². The van der Waals surface area contributed by atoms with Crippen LogP contribution in [0.1, 0.15) is 17.3 Å². The number of pyridine rings is 1. The first-order valence-corrected chi connectivity index (χ1v) is 5.90. The molecular weight excluding hydrogens is 265 g/mol. The molecule has 0 fully saturated rings. The molecule has 5 nitrogen and oxygen atoms in total. The zero-order valence-corrected chi connectivity index (χ0v) is 10.7. The van der Waals surface area contributed by atoms with Crippen molar-refractivity contribution in [3.8, 4) is 17.4 Å². The summed E-state index contributed by atoms with van der Waals surface area (Å²) < 4.78 is 24.3. The van der Waals surface area contributed by atoms with Gasteiger partial charge in [-0.1, -0.05) is 0 Å². The molecule has 0 aliphatic carbocycles. The molecule has 20 heavy (non-hydrogen) atoms. The van der Waals surface area contributed by atoms with Gasteiger partial charge in [0.05, 0.1) is 12.2 Å². The van der Waals surface area contributed by atoms with Gasteiger partial charge in [-0.05, 0) is 31.2 Å². The lowest BCUT2D eigenvalue weighted by atomic mass is 10.2. The van der Waals surface area contributed by atoms with Crippen LogP contribution in [0.5, 0.6) is 17.4 Å². The molecule has 1 aromatic carbocycles. The van der Waals surface area contributed by atoms with Crippen molar-refractivity contribution in [2.24, 2.45) is 0 Å². The van der Waals surface area contributed by atoms with E-state index in [1.807, 2.05) is 6.92 Å². The molecule has 6 heteroatoms. The molecule has 0 saturated heterocycles. The van der Waals surface area contributed by atoms with E-state index in [1.165, 1.54) is 12.3 Å². The van der Waals surface area contributed by atoms with Gasteiger partial charge in [-0.3, -0.25) is 0 Å². The Balaban J connectivity index is 2.26. The van der Waals surface area contributed by atoms with Crippen LogP contribution >= 0.6 is 0 Å². The molecule has 1 heterocycles. The van der Waals surface area contributed by atoms with E-state index >= 15 is 0 Å². The number of halogens is 1. The van der Waals surface area contributed by atoms with Crippen LogP contribution in [0.3, 0.4) is 0 Å². The molecule has 2 rings (SSSR count). The first kappa shape index (κ1) is 13.8. The lowest BCUT2D eigenvalue weighted by Crippen LogP contribution is -2.01. The molecule has 2 aromatic rings. The Morgan fingerprint density at radius 1 is 1.40 bits per heavy atom. The third kappa shape index (κ3) is 3.03. The Labute approximate surface area is 114 Å². The number of aromatic nitrogens is 1. The van der Waals surface area contributed by atoms with Crippen LogP contribution in [-0.2, 0) is 0 Å². The van der Waals surface area contributed by atoms with Crippen molar-refractivity contribution in [3.05, 3.63) is 47.9 Å². The Morgan fingerprint density at radius 2 is 2.20 bits per heavy atom. The molecule has 0 spiro atoms. The summed E-state index contributed by atoms with van der Waals surface area (Å²) in [4.78, 5) is 14.7. The van der Waals surface area contributed by atoms with Crippen LogP contribution in [0.15, 0.2) is 36.5 Å². The van der Waals surface area contributed by atoms with Gasteiger partial charge in [0.2, 0.25) is 0 Å². The molecule has 1 N–H and O–H groups in total. The summed E-state index contributed by atoms with van der Waals surface area (Å²) in [5.74, 6) is -1.44. The smallest absolute Gasteiger partial charge is 0.338 e. The summed E-state index contributed by atoms with van der Waals surface area (Å²) in [6.45, 7) is 2.26. The molecule has 0 radical (unpaired) electrons. The highest BCUT2D eigenvalue weighted by atomic mass is 19.1. The van der Waals surface area contributed by atoms with Crippen LogP contribution in [0.4, 0.5) is 4.39 Å². The molecule has 0 bridgehead atoms. The Kier molecular flexibility index (Phi) is 4.14. The average molecular weight is 277 g/mol. The van der Waals surface area contributed by atoms with Gasteiger partial charge in [0.25, 0.3) is 5.88 Å². The minimum atomic E-state index is -1.33. The number of nitrogens with zero attached hydrogens (tertiary/aromatic N) is 1.